The van der Waals surface area contributed by atoms with Crippen LogP contribution in [-0.2, 0) is 5.41 Å². The molecule has 6 aromatic rings. The van der Waals surface area contributed by atoms with Gasteiger partial charge in [0.15, 0.2) is 11.4 Å². The molecule has 0 atom stereocenters. The first-order chi connectivity index (χ1) is 21.3. The summed E-state index contributed by atoms with van der Waals surface area (Å²) in [6.45, 7) is 1.95. The maximum Gasteiger partial charge on any atom is 0.255 e. The zero-order chi connectivity index (χ0) is 30.6. The van der Waals surface area contributed by atoms with Crippen LogP contribution in [0.5, 0.6) is 5.75 Å². The molecule has 9 heteroatoms. The minimum Gasteiger partial charge on any atom is -0.496 e. The zero-order valence-corrected chi connectivity index (χ0v) is 24.4. The lowest BCUT2D eigenvalue weighted by Gasteiger charge is -2.16. The molecule has 0 bridgehead atoms. The van der Waals surface area contributed by atoms with E-state index in [0.29, 0.717) is 56.2 Å². The van der Waals surface area contributed by atoms with Crippen LogP contribution in [0.1, 0.15) is 51.4 Å². The molecule has 1 aliphatic rings. The van der Waals surface area contributed by atoms with Crippen LogP contribution in [0.3, 0.4) is 0 Å². The van der Waals surface area contributed by atoms with Gasteiger partial charge in [0.25, 0.3) is 5.91 Å². The summed E-state index contributed by atoms with van der Waals surface area (Å²) in [5.74, 6) is 0.616. The number of aromatic nitrogens is 2. The van der Waals surface area contributed by atoms with E-state index in [1.165, 1.54) is 12.1 Å². The number of oxazole rings is 1. The van der Waals surface area contributed by atoms with Gasteiger partial charge in [-0.3, -0.25) is 14.6 Å². The molecule has 7 rings (SSSR count). The largest absolute Gasteiger partial charge is 0.496 e. The monoisotopic (exact) mass is 589 g/mol. The Bertz CT molecular complexity index is 2060. The van der Waals surface area contributed by atoms with Gasteiger partial charge in [-0.2, -0.15) is 0 Å². The third-order valence-corrected chi connectivity index (χ3v) is 8.40. The second-order valence-electron chi connectivity index (χ2n) is 11.2. The average Bonchev–Trinajstić information content (AvgIpc) is 3.51. The summed E-state index contributed by atoms with van der Waals surface area (Å²) in [5.41, 5.74) is 5.29. The number of halogens is 1. The zero-order valence-electron chi connectivity index (χ0n) is 24.4. The Kier molecular flexibility index (Phi) is 6.53. The number of furan rings is 1. The minimum atomic E-state index is -0.457. The van der Waals surface area contributed by atoms with Crippen molar-refractivity contribution in [2.45, 2.75) is 31.6 Å². The van der Waals surface area contributed by atoms with E-state index in [-0.39, 0.29) is 23.9 Å². The average molecular weight is 590 g/mol. The summed E-state index contributed by atoms with van der Waals surface area (Å²) in [4.78, 5) is 35.7. The number of hydrogen-bond donors (Lipinski definition) is 1. The van der Waals surface area contributed by atoms with E-state index in [0.717, 1.165) is 29.5 Å². The number of carbonyl (C=O) groups excluding carboxylic acids is 2. The Balaban J connectivity index is 1.28. The number of carbonyl (C=O) groups is 2. The summed E-state index contributed by atoms with van der Waals surface area (Å²) in [5, 5.41) is 3.29. The summed E-state index contributed by atoms with van der Waals surface area (Å²) >= 11 is 0. The highest BCUT2D eigenvalue weighted by molar-refractivity contribution is 6.12. The number of aryl methyl sites for hydroxylation is 1. The van der Waals surface area contributed by atoms with E-state index in [1.54, 1.807) is 50.8 Å². The van der Waals surface area contributed by atoms with E-state index in [4.69, 9.17) is 13.6 Å². The lowest BCUT2D eigenvalue weighted by Crippen LogP contribution is -2.18. The smallest absolute Gasteiger partial charge is 0.255 e. The van der Waals surface area contributed by atoms with Crippen LogP contribution in [-0.4, -0.2) is 35.8 Å². The number of amides is 1. The van der Waals surface area contributed by atoms with Crippen molar-refractivity contribution in [2.75, 3.05) is 14.2 Å². The van der Waals surface area contributed by atoms with E-state index < -0.39 is 5.41 Å². The molecule has 1 saturated carbocycles. The third-order valence-electron chi connectivity index (χ3n) is 8.40. The van der Waals surface area contributed by atoms with Gasteiger partial charge < -0.3 is 18.9 Å². The molecular weight excluding hydrogens is 561 g/mol. The molecule has 1 aliphatic carbocycles. The van der Waals surface area contributed by atoms with Crippen molar-refractivity contribution in [2.24, 2.45) is 0 Å². The molecule has 8 nitrogen and oxygen atoms in total. The summed E-state index contributed by atoms with van der Waals surface area (Å²) in [6, 6.07) is 16.9. The van der Waals surface area contributed by atoms with Crippen molar-refractivity contribution >= 4 is 33.8 Å². The van der Waals surface area contributed by atoms with E-state index in [2.05, 4.69) is 15.3 Å². The molecule has 0 radical (unpaired) electrons. The number of Topliss-reactive ketones (excluding diaryl/α,β-unsaturated/α-hetero) is 1. The van der Waals surface area contributed by atoms with Crippen molar-refractivity contribution in [1.82, 2.24) is 15.3 Å². The van der Waals surface area contributed by atoms with Gasteiger partial charge in [0.05, 0.1) is 29.8 Å². The lowest BCUT2D eigenvalue weighted by atomic mass is 9.90. The van der Waals surface area contributed by atoms with Gasteiger partial charge >= 0.3 is 0 Å². The Labute approximate surface area is 251 Å². The molecule has 0 saturated heterocycles. The van der Waals surface area contributed by atoms with Crippen LogP contribution in [0.15, 0.2) is 81.9 Å². The van der Waals surface area contributed by atoms with Crippen LogP contribution in [0.25, 0.3) is 44.5 Å². The van der Waals surface area contributed by atoms with Crippen molar-refractivity contribution < 1.29 is 27.6 Å². The van der Waals surface area contributed by atoms with E-state index in [1.807, 2.05) is 31.2 Å². The predicted octanol–water partition coefficient (Wildman–Crippen LogP) is 7.42. The molecule has 1 amide bonds. The van der Waals surface area contributed by atoms with E-state index in [9.17, 15) is 14.0 Å². The Morgan fingerprint density at radius 1 is 1.00 bits per heavy atom. The SMILES string of the molecule is CNC(=O)c1c(-c2ccc(F)cc2)oc2ccc(-c3cc(C(=O)CC4(c5nc6cnccc6o5)CC4)c(OC)cc3C)cc12. The number of benzene rings is 3. The Morgan fingerprint density at radius 2 is 1.77 bits per heavy atom. The summed E-state index contributed by atoms with van der Waals surface area (Å²) in [6.07, 6.45) is 5.15. The first-order valence-corrected chi connectivity index (χ1v) is 14.3. The van der Waals surface area contributed by atoms with Gasteiger partial charge in [-0.05, 0) is 85.0 Å². The number of ketones is 1. The number of pyridine rings is 1. The second-order valence-corrected chi connectivity index (χ2v) is 11.2. The maximum atomic E-state index is 13.9. The number of rotatable bonds is 8. The number of ether oxygens (including phenoxy) is 1. The minimum absolute atomic E-state index is 0.0741. The van der Waals surface area contributed by atoms with Crippen LogP contribution in [0.2, 0.25) is 0 Å². The lowest BCUT2D eigenvalue weighted by molar-refractivity contribution is 0.0955. The van der Waals surface area contributed by atoms with Gasteiger partial charge in [-0.25, -0.2) is 9.37 Å². The Morgan fingerprint density at radius 3 is 2.48 bits per heavy atom. The predicted molar refractivity (Wildman–Crippen MR) is 163 cm³/mol. The van der Waals surface area contributed by atoms with Gasteiger partial charge in [0.1, 0.15) is 28.4 Å². The van der Waals surface area contributed by atoms with Gasteiger partial charge in [-0.15, -0.1) is 0 Å². The molecule has 1 N–H and O–H groups in total. The Hall–Kier alpha value is -5.31. The number of methoxy groups -OCH3 is 1. The van der Waals surface area contributed by atoms with Crippen molar-refractivity contribution in [3.63, 3.8) is 0 Å². The first kappa shape index (κ1) is 27.5. The number of nitrogens with one attached hydrogen (secondary N) is 1. The van der Waals surface area contributed by atoms with Crippen molar-refractivity contribution in [3.8, 4) is 28.2 Å². The highest BCUT2D eigenvalue weighted by atomic mass is 19.1. The molecular formula is C35H28FN3O5. The van der Waals surface area contributed by atoms with Crippen LogP contribution < -0.4 is 10.1 Å². The fourth-order valence-corrected chi connectivity index (χ4v) is 5.83. The normalized spacial score (nSPS) is 13.7. The highest BCUT2D eigenvalue weighted by Crippen LogP contribution is 2.52. The molecule has 3 aromatic carbocycles. The fraction of sp³-hybridized carbons (Fsp3) is 0.200. The summed E-state index contributed by atoms with van der Waals surface area (Å²) in [7, 11) is 3.10. The van der Waals surface area contributed by atoms with Crippen molar-refractivity contribution in [3.05, 3.63) is 101 Å². The maximum absolute atomic E-state index is 13.9. The number of nitrogens with zero attached hydrogens (tertiary/aromatic N) is 2. The highest BCUT2D eigenvalue weighted by Gasteiger charge is 2.50. The first-order valence-electron chi connectivity index (χ1n) is 14.3. The summed E-state index contributed by atoms with van der Waals surface area (Å²) < 4.78 is 31.4. The molecule has 0 spiro atoms. The van der Waals surface area contributed by atoms with Gasteiger partial charge in [0.2, 0.25) is 5.89 Å². The van der Waals surface area contributed by atoms with Gasteiger partial charge in [-0.1, -0.05) is 6.07 Å². The molecule has 0 aliphatic heterocycles. The second kappa shape index (κ2) is 10.4. The molecule has 0 unspecified atom stereocenters. The van der Waals surface area contributed by atoms with Crippen LogP contribution in [0, 0.1) is 12.7 Å². The molecule has 3 heterocycles. The van der Waals surface area contributed by atoms with Gasteiger partial charge in [0, 0.05) is 36.7 Å². The topological polar surface area (TPSA) is 107 Å². The standard InChI is InChI=1S/C35H28FN3O5/c1-19-14-30(42-3)24(27(40)17-35(11-12-35)34-39-26-18-38-13-10-29(26)44-34)16-23(19)21-6-9-28-25(15-21)31(33(41)37-2)32(43-28)20-4-7-22(36)8-5-20/h4-10,13-16,18H,11-12,17H2,1-3H3,(H,37,41). The van der Waals surface area contributed by atoms with Crippen LogP contribution >= 0.6 is 0 Å². The molecule has 44 heavy (non-hydrogen) atoms. The molecule has 3 aromatic heterocycles. The number of hydrogen-bond acceptors (Lipinski definition) is 7. The quantitative estimate of drug-likeness (QED) is 0.184. The molecule has 1 fully saturated rings. The van der Waals surface area contributed by atoms with Crippen molar-refractivity contribution in [1.29, 1.82) is 0 Å². The van der Waals surface area contributed by atoms with Crippen LogP contribution in [0.4, 0.5) is 4.39 Å². The molecule has 220 valence electrons. The fourth-order valence-electron chi connectivity index (χ4n) is 5.83. The van der Waals surface area contributed by atoms with E-state index >= 15 is 0 Å². The number of fused-ring (bicyclic) bond motifs is 2. The third kappa shape index (κ3) is 4.61.